The molecule has 1 saturated heterocycles. The fraction of sp³-hybridized carbons (Fsp3) is 0.412. The molecule has 11 heteroatoms. The summed E-state index contributed by atoms with van der Waals surface area (Å²) in [5, 5.41) is 13.9. The number of piperazine rings is 1. The maximum Gasteiger partial charge on any atom is 0.416 e. The van der Waals surface area contributed by atoms with Crippen LogP contribution in [-0.4, -0.2) is 46.9 Å². The van der Waals surface area contributed by atoms with Gasteiger partial charge in [-0.1, -0.05) is 0 Å². The monoisotopic (exact) mass is 414 g/mol. The maximum atomic E-state index is 12.8. The van der Waals surface area contributed by atoms with Crippen LogP contribution in [0.3, 0.4) is 0 Å². The Balaban J connectivity index is 1.69. The van der Waals surface area contributed by atoms with Crippen molar-refractivity contribution in [1.29, 1.82) is 0 Å². The molecule has 7 nitrogen and oxygen atoms in total. The first kappa shape index (κ1) is 20.1. The number of hydrogen-bond donors (Lipinski definition) is 0. The summed E-state index contributed by atoms with van der Waals surface area (Å²) in [5.41, 5.74) is -0.670. The number of hydrogen-bond acceptors (Lipinski definition) is 6. The van der Waals surface area contributed by atoms with Gasteiger partial charge < -0.3 is 9.80 Å². The molecule has 150 valence electrons. The Hall–Kier alpha value is -2.69. The second kappa shape index (κ2) is 7.74. The van der Waals surface area contributed by atoms with Gasteiger partial charge in [-0.3, -0.25) is 14.9 Å². The fourth-order valence-electron chi connectivity index (χ4n) is 3.04. The number of aromatic nitrogens is 1. The Kier molecular flexibility index (Phi) is 5.54. The van der Waals surface area contributed by atoms with Gasteiger partial charge >= 0.3 is 6.18 Å². The van der Waals surface area contributed by atoms with E-state index in [1.165, 1.54) is 11.3 Å². The third-order valence-corrected chi connectivity index (χ3v) is 5.41. The molecule has 0 radical (unpaired) electrons. The van der Waals surface area contributed by atoms with Crippen LogP contribution in [-0.2, 0) is 17.4 Å². The van der Waals surface area contributed by atoms with E-state index in [0.717, 1.165) is 22.8 Å². The number of nitro benzene ring substituents is 1. The number of nitro groups is 1. The number of thiazole rings is 1. The number of aryl methyl sites for hydroxylation is 1. The third kappa shape index (κ3) is 4.41. The van der Waals surface area contributed by atoms with E-state index in [4.69, 9.17) is 0 Å². The lowest BCUT2D eigenvalue weighted by Crippen LogP contribution is -2.49. The zero-order chi connectivity index (χ0) is 20.5. The lowest BCUT2D eigenvalue weighted by molar-refractivity contribution is -0.384. The first-order valence-electron chi connectivity index (χ1n) is 8.44. The Morgan fingerprint density at radius 2 is 1.96 bits per heavy atom. The number of rotatable bonds is 4. The molecule has 0 unspecified atom stereocenters. The van der Waals surface area contributed by atoms with Crippen molar-refractivity contribution in [2.24, 2.45) is 0 Å². The minimum absolute atomic E-state index is 0.0871. The Labute approximate surface area is 162 Å². The molecule has 0 spiro atoms. The predicted octanol–water partition coefficient (Wildman–Crippen LogP) is 3.27. The minimum atomic E-state index is -4.65. The van der Waals surface area contributed by atoms with E-state index in [9.17, 15) is 28.1 Å². The zero-order valence-corrected chi connectivity index (χ0v) is 15.7. The summed E-state index contributed by atoms with van der Waals surface area (Å²) in [6.45, 7) is 3.12. The predicted molar refractivity (Wildman–Crippen MR) is 97.4 cm³/mol. The molecule has 2 heterocycles. The van der Waals surface area contributed by atoms with Gasteiger partial charge in [0.15, 0.2) is 0 Å². The molecule has 0 aliphatic carbocycles. The second-order valence-electron chi connectivity index (χ2n) is 6.39. The molecule has 1 aromatic carbocycles. The summed E-state index contributed by atoms with van der Waals surface area (Å²) < 4.78 is 38.5. The van der Waals surface area contributed by atoms with Crippen LogP contribution in [0.5, 0.6) is 0 Å². The summed E-state index contributed by atoms with van der Waals surface area (Å²) in [5.74, 6) is -0.0871. The van der Waals surface area contributed by atoms with E-state index in [1.54, 1.807) is 9.80 Å². The second-order valence-corrected chi connectivity index (χ2v) is 7.33. The van der Waals surface area contributed by atoms with Crippen molar-refractivity contribution in [2.45, 2.75) is 19.5 Å². The summed E-state index contributed by atoms with van der Waals surface area (Å²) >= 11 is 1.41. The van der Waals surface area contributed by atoms with Gasteiger partial charge in [-0.2, -0.15) is 13.2 Å². The molecule has 3 rings (SSSR count). The van der Waals surface area contributed by atoms with Crippen molar-refractivity contribution in [2.75, 3.05) is 31.1 Å². The summed E-state index contributed by atoms with van der Waals surface area (Å²) in [7, 11) is 0. The summed E-state index contributed by atoms with van der Waals surface area (Å²) in [6, 6.07) is 2.51. The van der Waals surface area contributed by atoms with Crippen LogP contribution < -0.4 is 4.90 Å². The molecule has 1 fully saturated rings. The van der Waals surface area contributed by atoms with E-state index in [1.807, 2.05) is 12.3 Å². The van der Waals surface area contributed by atoms with E-state index in [2.05, 4.69) is 4.98 Å². The molecular weight excluding hydrogens is 397 g/mol. The number of alkyl halides is 3. The minimum Gasteiger partial charge on any atom is -0.362 e. The zero-order valence-electron chi connectivity index (χ0n) is 14.9. The van der Waals surface area contributed by atoms with Crippen molar-refractivity contribution >= 4 is 28.6 Å². The third-order valence-electron chi connectivity index (χ3n) is 4.44. The molecule has 0 N–H and O–H groups in total. The lowest BCUT2D eigenvalue weighted by atomic mass is 10.1. The van der Waals surface area contributed by atoms with Crippen molar-refractivity contribution in [3.05, 3.63) is 50.0 Å². The van der Waals surface area contributed by atoms with Crippen LogP contribution in [0.4, 0.5) is 24.5 Å². The smallest absolute Gasteiger partial charge is 0.362 e. The first-order chi connectivity index (χ1) is 13.1. The average Bonchev–Trinajstić information content (AvgIpc) is 3.05. The van der Waals surface area contributed by atoms with E-state index in [0.29, 0.717) is 32.2 Å². The molecule has 1 amide bonds. The number of benzene rings is 1. The van der Waals surface area contributed by atoms with Gasteiger partial charge in [0.05, 0.1) is 16.9 Å². The SMILES string of the molecule is Cc1csc(CC(=O)N2CCN(c3ccc(C(F)(F)F)cc3[N+](=O)[O-])CC2)n1. The van der Waals surface area contributed by atoms with E-state index in [-0.39, 0.29) is 18.0 Å². The Bertz CT molecular complexity index is 892. The largest absolute Gasteiger partial charge is 0.416 e. The number of halogens is 3. The van der Waals surface area contributed by atoms with Crippen molar-refractivity contribution in [3.63, 3.8) is 0 Å². The van der Waals surface area contributed by atoms with Gasteiger partial charge in [-0.25, -0.2) is 4.98 Å². The van der Waals surface area contributed by atoms with Crippen molar-refractivity contribution in [3.8, 4) is 0 Å². The quantitative estimate of drug-likeness (QED) is 0.567. The highest BCUT2D eigenvalue weighted by atomic mass is 32.1. The summed E-state index contributed by atoms with van der Waals surface area (Å²) in [4.78, 5) is 30.4. The average molecular weight is 414 g/mol. The van der Waals surface area contributed by atoms with Gasteiger partial charge in [0, 0.05) is 43.3 Å². The molecule has 28 heavy (non-hydrogen) atoms. The first-order valence-corrected chi connectivity index (χ1v) is 9.32. The number of nitrogens with zero attached hydrogens (tertiary/aromatic N) is 4. The molecule has 1 aliphatic rings. The van der Waals surface area contributed by atoms with E-state index < -0.39 is 22.4 Å². The standard InChI is InChI=1S/C17H17F3N4O3S/c1-11-10-28-15(21-11)9-16(25)23-6-4-22(5-7-23)13-3-2-12(17(18,19)20)8-14(13)24(26)27/h2-3,8,10H,4-7,9H2,1H3. The number of anilines is 1. The molecule has 0 bridgehead atoms. The van der Waals surface area contributed by atoms with Crippen LogP contribution >= 0.6 is 11.3 Å². The Morgan fingerprint density at radius 3 is 2.50 bits per heavy atom. The van der Waals surface area contributed by atoms with Gasteiger partial charge in [-0.05, 0) is 19.1 Å². The molecular formula is C17H17F3N4O3S. The normalized spacial score (nSPS) is 15.0. The van der Waals surface area contributed by atoms with Crippen LogP contribution in [0.1, 0.15) is 16.3 Å². The molecule has 1 aromatic heterocycles. The molecule has 0 atom stereocenters. The van der Waals surface area contributed by atoms with Crippen LogP contribution in [0, 0.1) is 17.0 Å². The van der Waals surface area contributed by atoms with Crippen LogP contribution in [0.15, 0.2) is 23.6 Å². The fourth-order valence-corrected chi connectivity index (χ4v) is 3.80. The van der Waals surface area contributed by atoms with E-state index >= 15 is 0 Å². The lowest BCUT2D eigenvalue weighted by Gasteiger charge is -2.35. The van der Waals surface area contributed by atoms with Crippen LogP contribution in [0.2, 0.25) is 0 Å². The van der Waals surface area contributed by atoms with Gasteiger partial charge in [0.25, 0.3) is 5.69 Å². The molecule has 2 aromatic rings. The van der Waals surface area contributed by atoms with Crippen LogP contribution in [0.25, 0.3) is 0 Å². The maximum absolute atomic E-state index is 12.8. The summed E-state index contributed by atoms with van der Waals surface area (Å²) in [6.07, 6.45) is -4.46. The Morgan fingerprint density at radius 1 is 1.29 bits per heavy atom. The number of carbonyl (C=O) groups excluding carboxylic acids is 1. The van der Waals surface area contributed by atoms with Crippen molar-refractivity contribution < 1.29 is 22.9 Å². The number of amides is 1. The van der Waals surface area contributed by atoms with Gasteiger partial charge in [-0.15, -0.1) is 11.3 Å². The highest BCUT2D eigenvalue weighted by molar-refractivity contribution is 7.09. The molecule has 1 aliphatic heterocycles. The highest BCUT2D eigenvalue weighted by Gasteiger charge is 2.34. The van der Waals surface area contributed by atoms with Gasteiger partial charge in [0.1, 0.15) is 10.7 Å². The van der Waals surface area contributed by atoms with Crippen molar-refractivity contribution in [1.82, 2.24) is 9.88 Å². The highest BCUT2D eigenvalue weighted by Crippen LogP contribution is 2.36. The topological polar surface area (TPSA) is 79.6 Å². The molecule has 0 saturated carbocycles. The van der Waals surface area contributed by atoms with Gasteiger partial charge in [0.2, 0.25) is 5.91 Å². The number of carbonyl (C=O) groups is 1.